The fourth-order valence-corrected chi connectivity index (χ4v) is 2.89. The normalized spacial score (nSPS) is 14.6. The molecule has 1 aliphatic rings. The van der Waals surface area contributed by atoms with Gasteiger partial charge in [-0.1, -0.05) is 36.4 Å². The van der Waals surface area contributed by atoms with Crippen LogP contribution in [0.4, 0.5) is 0 Å². The lowest BCUT2D eigenvalue weighted by Gasteiger charge is -2.18. The first-order valence-electron chi connectivity index (χ1n) is 8.50. The number of ether oxygens (including phenoxy) is 1. The summed E-state index contributed by atoms with van der Waals surface area (Å²) in [4.78, 5) is 28.4. The van der Waals surface area contributed by atoms with Gasteiger partial charge >= 0.3 is 0 Å². The fourth-order valence-electron chi connectivity index (χ4n) is 2.89. The summed E-state index contributed by atoms with van der Waals surface area (Å²) in [5.74, 6) is -0.0494. The van der Waals surface area contributed by atoms with E-state index in [0.29, 0.717) is 29.1 Å². The fraction of sp³-hybridized carbons (Fsp3) is 0.0455. The summed E-state index contributed by atoms with van der Waals surface area (Å²) < 4.78 is 5.72. The second-order valence-electron chi connectivity index (χ2n) is 6.07. The van der Waals surface area contributed by atoms with Gasteiger partial charge in [0.2, 0.25) is 0 Å². The van der Waals surface area contributed by atoms with Gasteiger partial charge in [0.15, 0.2) is 0 Å². The van der Waals surface area contributed by atoms with Gasteiger partial charge < -0.3 is 4.74 Å². The van der Waals surface area contributed by atoms with Gasteiger partial charge in [-0.15, -0.1) is 0 Å². The van der Waals surface area contributed by atoms with Gasteiger partial charge in [-0.25, -0.2) is 0 Å². The van der Waals surface area contributed by atoms with Crippen LogP contribution in [0.15, 0.2) is 72.9 Å². The molecular formula is C22H16N2O3. The summed E-state index contributed by atoms with van der Waals surface area (Å²) in [7, 11) is 0. The lowest BCUT2D eigenvalue weighted by molar-refractivity contribution is -0.114. The van der Waals surface area contributed by atoms with Crippen LogP contribution < -0.4 is 10.1 Å². The van der Waals surface area contributed by atoms with Gasteiger partial charge in [0.05, 0.1) is 5.69 Å². The minimum atomic E-state index is -0.394. The number of imide groups is 1. The maximum absolute atomic E-state index is 12.3. The molecule has 5 nitrogen and oxygen atoms in total. The van der Waals surface area contributed by atoms with Crippen molar-refractivity contribution in [1.29, 1.82) is 0 Å². The van der Waals surface area contributed by atoms with Gasteiger partial charge in [-0.3, -0.25) is 19.9 Å². The minimum absolute atomic E-state index is 0.369. The number of carbonyl (C=O) groups is 2. The van der Waals surface area contributed by atoms with Crippen LogP contribution in [0.5, 0.6) is 5.75 Å². The zero-order valence-corrected chi connectivity index (χ0v) is 14.4. The van der Waals surface area contributed by atoms with E-state index in [1.54, 1.807) is 30.5 Å². The van der Waals surface area contributed by atoms with Crippen molar-refractivity contribution in [3.63, 3.8) is 0 Å². The molecule has 0 atom stereocenters. The van der Waals surface area contributed by atoms with Crippen LogP contribution in [-0.2, 0) is 11.4 Å². The highest BCUT2D eigenvalue weighted by Crippen LogP contribution is 2.26. The van der Waals surface area contributed by atoms with Gasteiger partial charge in [0, 0.05) is 17.3 Å². The number of nitrogens with one attached hydrogen (secondary N) is 1. The third kappa shape index (κ3) is 3.62. The third-order valence-electron chi connectivity index (χ3n) is 4.24. The largest absolute Gasteiger partial charge is 0.487 e. The SMILES string of the molecule is O=C1NC(=O)c2ccccc2C1=Cc1ccc(OCc2ccccn2)cc1. The molecule has 5 heteroatoms. The van der Waals surface area contributed by atoms with Crippen LogP contribution in [-0.4, -0.2) is 16.8 Å². The number of aromatic nitrogens is 1. The Labute approximate surface area is 156 Å². The molecule has 2 aromatic carbocycles. The topological polar surface area (TPSA) is 68.3 Å². The molecule has 0 unspecified atom stereocenters. The van der Waals surface area contributed by atoms with Crippen LogP contribution in [0.2, 0.25) is 0 Å². The molecule has 0 saturated carbocycles. The molecule has 0 saturated heterocycles. The molecule has 3 aromatic rings. The summed E-state index contributed by atoms with van der Waals surface area (Å²) in [6, 6.07) is 20.2. The molecule has 4 rings (SSSR count). The molecule has 0 aliphatic carbocycles. The van der Waals surface area contributed by atoms with Gasteiger partial charge in [0.1, 0.15) is 12.4 Å². The number of hydrogen-bond donors (Lipinski definition) is 1. The van der Waals surface area contributed by atoms with Crippen LogP contribution in [0.1, 0.15) is 27.2 Å². The van der Waals surface area contributed by atoms with E-state index in [1.165, 1.54) is 0 Å². The minimum Gasteiger partial charge on any atom is -0.487 e. The lowest BCUT2D eigenvalue weighted by atomic mass is 9.93. The van der Waals surface area contributed by atoms with Crippen LogP contribution in [0, 0.1) is 0 Å². The Morgan fingerprint density at radius 3 is 2.33 bits per heavy atom. The number of pyridine rings is 1. The second-order valence-corrected chi connectivity index (χ2v) is 6.07. The Bertz CT molecular complexity index is 1020. The van der Waals surface area contributed by atoms with E-state index in [4.69, 9.17) is 4.74 Å². The smallest absolute Gasteiger partial charge is 0.258 e. The van der Waals surface area contributed by atoms with Gasteiger partial charge in [-0.05, 0) is 47.5 Å². The first-order chi connectivity index (χ1) is 13.2. The van der Waals surface area contributed by atoms with Crippen molar-refractivity contribution in [1.82, 2.24) is 10.3 Å². The van der Waals surface area contributed by atoms with Crippen LogP contribution in [0.25, 0.3) is 11.6 Å². The molecule has 0 fully saturated rings. The monoisotopic (exact) mass is 356 g/mol. The second kappa shape index (κ2) is 7.25. The van der Waals surface area contributed by atoms with E-state index in [9.17, 15) is 9.59 Å². The summed E-state index contributed by atoms with van der Waals surface area (Å²) >= 11 is 0. The highest BCUT2D eigenvalue weighted by atomic mass is 16.5. The maximum Gasteiger partial charge on any atom is 0.258 e. The number of rotatable bonds is 4. The predicted molar refractivity (Wildman–Crippen MR) is 102 cm³/mol. The van der Waals surface area contributed by atoms with Crippen molar-refractivity contribution in [3.8, 4) is 5.75 Å². The quantitative estimate of drug-likeness (QED) is 0.574. The highest BCUT2D eigenvalue weighted by molar-refractivity contribution is 6.33. The zero-order valence-electron chi connectivity index (χ0n) is 14.4. The van der Waals surface area contributed by atoms with Crippen molar-refractivity contribution in [2.75, 3.05) is 0 Å². The Balaban J connectivity index is 1.55. The molecule has 1 aliphatic heterocycles. The molecule has 2 amide bonds. The summed E-state index contributed by atoms with van der Waals surface area (Å²) in [5, 5.41) is 2.38. The summed E-state index contributed by atoms with van der Waals surface area (Å²) in [6.07, 6.45) is 3.49. The number of nitrogens with zero attached hydrogens (tertiary/aromatic N) is 1. The summed E-state index contributed by atoms with van der Waals surface area (Å²) in [5.41, 5.74) is 3.30. The average molecular weight is 356 g/mol. The zero-order chi connectivity index (χ0) is 18.6. The molecule has 2 heterocycles. The highest BCUT2D eigenvalue weighted by Gasteiger charge is 2.26. The molecule has 0 spiro atoms. The van der Waals surface area contributed by atoms with E-state index in [2.05, 4.69) is 10.3 Å². The van der Waals surface area contributed by atoms with E-state index in [-0.39, 0.29) is 5.91 Å². The molecule has 1 aromatic heterocycles. The average Bonchev–Trinajstić information content (AvgIpc) is 2.71. The molecule has 1 N–H and O–H groups in total. The molecule has 132 valence electrons. The molecule has 27 heavy (non-hydrogen) atoms. The summed E-state index contributed by atoms with van der Waals surface area (Å²) in [6.45, 7) is 0.388. The lowest BCUT2D eigenvalue weighted by Crippen LogP contribution is -2.36. The Morgan fingerprint density at radius 2 is 1.59 bits per heavy atom. The van der Waals surface area contributed by atoms with Crippen molar-refractivity contribution in [2.24, 2.45) is 0 Å². The first-order valence-corrected chi connectivity index (χ1v) is 8.50. The maximum atomic E-state index is 12.3. The number of carbonyl (C=O) groups excluding carboxylic acids is 2. The Kier molecular flexibility index (Phi) is 4.49. The van der Waals surface area contributed by atoms with E-state index in [1.807, 2.05) is 48.5 Å². The number of amides is 2. The van der Waals surface area contributed by atoms with E-state index >= 15 is 0 Å². The Morgan fingerprint density at radius 1 is 0.852 bits per heavy atom. The van der Waals surface area contributed by atoms with Crippen molar-refractivity contribution < 1.29 is 14.3 Å². The number of fused-ring (bicyclic) bond motifs is 1. The standard InChI is InChI=1S/C22H16N2O3/c25-21-19-7-2-1-6-18(19)20(22(26)24-21)13-15-8-10-17(11-9-15)27-14-16-5-3-4-12-23-16/h1-13H,14H2,(H,24,25,26). The number of benzene rings is 2. The van der Waals surface area contributed by atoms with Crippen LogP contribution in [0.3, 0.4) is 0 Å². The van der Waals surface area contributed by atoms with E-state index in [0.717, 1.165) is 11.3 Å². The number of hydrogen-bond acceptors (Lipinski definition) is 4. The third-order valence-corrected chi connectivity index (χ3v) is 4.24. The molecule has 0 radical (unpaired) electrons. The van der Waals surface area contributed by atoms with Crippen molar-refractivity contribution >= 4 is 23.5 Å². The first kappa shape index (κ1) is 16.7. The van der Waals surface area contributed by atoms with E-state index < -0.39 is 5.91 Å². The Hall–Kier alpha value is -3.73. The van der Waals surface area contributed by atoms with Crippen LogP contribution >= 0.6 is 0 Å². The molecular weight excluding hydrogens is 340 g/mol. The van der Waals surface area contributed by atoms with Gasteiger partial charge in [0.25, 0.3) is 11.8 Å². The molecule has 0 bridgehead atoms. The predicted octanol–water partition coefficient (Wildman–Crippen LogP) is 3.47. The van der Waals surface area contributed by atoms with Crippen molar-refractivity contribution in [3.05, 3.63) is 95.3 Å². The van der Waals surface area contributed by atoms with Gasteiger partial charge in [-0.2, -0.15) is 0 Å². The van der Waals surface area contributed by atoms with Crippen molar-refractivity contribution in [2.45, 2.75) is 6.61 Å².